The van der Waals surface area contributed by atoms with E-state index in [1.54, 1.807) is 20.8 Å². The van der Waals surface area contributed by atoms with Crippen LogP contribution in [0.1, 0.15) is 63.8 Å². The van der Waals surface area contributed by atoms with Gasteiger partial charge < -0.3 is 47.4 Å². The lowest BCUT2D eigenvalue weighted by Gasteiger charge is -2.48. The maximum Gasteiger partial charge on any atom is 0.311 e. The molecule has 3 saturated heterocycles. The minimum Gasteiger partial charge on any atom is -0.454 e. The molecule has 3 heterocycles. The Bertz CT molecular complexity index is 1870. The van der Waals surface area contributed by atoms with E-state index in [0.717, 1.165) is 22.3 Å². The topological polar surface area (TPSA) is 109 Å². The quantitative estimate of drug-likeness (QED) is 0.103. The summed E-state index contributed by atoms with van der Waals surface area (Å²) in [5, 5.41) is 0. The molecule has 11 nitrogen and oxygen atoms in total. The summed E-state index contributed by atoms with van der Waals surface area (Å²) in [5.41, 5.74) is 3.06. The first-order chi connectivity index (χ1) is 28.4. The first kappa shape index (κ1) is 43.1. The first-order valence-electron chi connectivity index (χ1n) is 20.5. The summed E-state index contributed by atoms with van der Waals surface area (Å²) in [6.45, 7) is 12.3. The van der Waals surface area contributed by atoms with Crippen LogP contribution in [-0.4, -0.2) is 79.8 Å². The Morgan fingerprint density at radius 1 is 0.576 bits per heavy atom. The first-order valence-corrected chi connectivity index (χ1v) is 20.5. The Hall–Kier alpha value is -4.01. The van der Waals surface area contributed by atoms with Gasteiger partial charge in [0.25, 0.3) is 0 Å². The van der Waals surface area contributed by atoms with E-state index in [9.17, 15) is 4.79 Å². The molecule has 11 heteroatoms. The van der Waals surface area contributed by atoms with Crippen LogP contribution in [0.3, 0.4) is 0 Å². The number of esters is 1. The molecule has 3 aliphatic heterocycles. The van der Waals surface area contributed by atoms with Crippen LogP contribution in [0.15, 0.2) is 121 Å². The van der Waals surface area contributed by atoms with Gasteiger partial charge in [-0.05, 0) is 63.8 Å². The molecule has 3 fully saturated rings. The third-order valence-corrected chi connectivity index (χ3v) is 10.5. The van der Waals surface area contributed by atoms with Crippen molar-refractivity contribution in [1.29, 1.82) is 0 Å². The molecule has 0 bridgehead atoms. The average Bonchev–Trinajstić information content (AvgIpc) is 3.57. The number of hydrogen-bond acceptors (Lipinski definition) is 11. The summed E-state index contributed by atoms with van der Waals surface area (Å²) in [6.07, 6.45) is -7.85. The third kappa shape index (κ3) is 11.4. The third-order valence-electron chi connectivity index (χ3n) is 10.5. The zero-order chi connectivity index (χ0) is 41.4. The summed E-state index contributed by atoms with van der Waals surface area (Å²) in [7, 11) is 0. The number of ether oxygens (including phenoxy) is 10. The standard InChI is InChI=1S/C48H58O11/c1-32-38(41-43(59-48(5,6)58-41)44(54-32)53-30-36-25-17-10-18-26-36)56-45-42(57-46(49)47(2,3)4)40(52-29-35-23-15-9-16-24-35)39(51-28-34-21-13-8-14-22-34)37(55-45)31-50-27-33-19-11-7-12-20-33/h7-26,32,37-45H,27-31H2,1-6H3/t32-,37+,38-,39+,40-,41+,42+,43+,44+,45-/m0/s1. The Labute approximate surface area is 348 Å². The van der Waals surface area contributed by atoms with Gasteiger partial charge in [0.15, 0.2) is 24.5 Å². The van der Waals surface area contributed by atoms with Gasteiger partial charge in [0, 0.05) is 0 Å². The molecular formula is C48H58O11. The van der Waals surface area contributed by atoms with E-state index in [2.05, 4.69) is 0 Å². The fourth-order valence-electron chi connectivity index (χ4n) is 7.48. The molecule has 0 aliphatic carbocycles. The van der Waals surface area contributed by atoms with Crippen molar-refractivity contribution in [2.75, 3.05) is 6.61 Å². The van der Waals surface area contributed by atoms with Gasteiger partial charge in [-0.3, -0.25) is 4.79 Å². The molecule has 3 aliphatic rings. The molecule has 0 saturated carbocycles. The molecule has 0 amide bonds. The van der Waals surface area contributed by atoms with Crippen molar-refractivity contribution in [2.24, 2.45) is 5.41 Å². The summed E-state index contributed by atoms with van der Waals surface area (Å²) in [6, 6.07) is 39.5. The van der Waals surface area contributed by atoms with Crippen molar-refractivity contribution in [2.45, 2.75) is 135 Å². The Morgan fingerprint density at radius 3 is 1.58 bits per heavy atom. The molecular weight excluding hydrogens is 753 g/mol. The zero-order valence-corrected chi connectivity index (χ0v) is 34.8. The van der Waals surface area contributed by atoms with Gasteiger partial charge in [0.1, 0.15) is 36.6 Å². The second-order valence-corrected chi connectivity index (χ2v) is 16.9. The largest absolute Gasteiger partial charge is 0.454 e. The van der Waals surface area contributed by atoms with Gasteiger partial charge in [-0.25, -0.2) is 0 Å². The van der Waals surface area contributed by atoms with Crippen LogP contribution < -0.4 is 0 Å². The highest BCUT2D eigenvalue weighted by Crippen LogP contribution is 2.41. The molecule has 0 spiro atoms. The fraction of sp³-hybridized carbons (Fsp3) is 0.479. The smallest absolute Gasteiger partial charge is 0.311 e. The molecule has 0 radical (unpaired) electrons. The summed E-state index contributed by atoms with van der Waals surface area (Å²) in [5.74, 6) is -1.41. The minimum atomic E-state index is -1.16. The van der Waals surface area contributed by atoms with E-state index in [1.807, 2.05) is 142 Å². The van der Waals surface area contributed by atoms with Gasteiger partial charge in [-0.1, -0.05) is 121 Å². The van der Waals surface area contributed by atoms with E-state index in [4.69, 9.17) is 47.4 Å². The number of hydrogen-bond donors (Lipinski definition) is 0. The highest BCUT2D eigenvalue weighted by atomic mass is 16.8. The molecule has 316 valence electrons. The van der Waals surface area contributed by atoms with E-state index < -0.39 is 78.6 Å². The van der Waals surface area contributed by atoms with Crippen molar-refractivity contribution >= 4 is 5.97 Å². The number of fused-ring (bicyclic) bond motifs is 1. The van der Waals surface area contributed by atoms with Crippen molar-refractivity contribution in [3.05, 3.63) is 144 Å². The van der Waals surface area contributed by atoms with Crippen molar-refractivity contribution in [3.8, 4) is 0 Å². The zero-order valence-electron chi connectivity index (χ0n) is 34.8. The van der Waals surface area contributed by atoms with Gasteiger partial charge in [0.05, 0.1) is 44.6 Å². The van der Waals surface area contributed by atoms with E-state index >= 15 is 0 Å². The molecule has 0 N–H and O–H groups in total. The monoisotopic (exact) mass is 810 g/mol. The molecule has 4 aromatic carbocycles. The maximum atomic E-state index is 13.9. The second kappa shape index (κ2) is 19.6. The summed E-state index contributed by atoms with van der Waals surface area (Å²) in [4.78, 5) is 13.9. The lowest BCUT2D eigenvalue weighted by atomic mass is 9.94. The van der Waals surface area contributed by atoms with Crippen LogP contribution >= 0.6 is 0 Å². The van der Waals surface area contributed by atoms with Crippen LogP contribution in [0, 0.1) is 5.41 Å². The number of carbonyl (C=O) groups is 1. The van der Waals surface area contributed by atoms with Gasteiger partial charge >= 0.3 is 5.97 Å². The van der Waals surface area contributed by atoms with E-state index in [-0.39, 0.29) is 19.8 Å². The van der Waals surface area contributed by atoms with Gasteiger partial charge in [0.2, 0.25) is 0 Å². The highest BCUT2D eigenvalue weighted by molar-refractivity contribution is 5.75. The average molecular weight is 811 g/mol. The molecule has 7 rings (SSSR count). The maximum absolute atomic E-state index is 13.9. The molecule has 4 aromatic rings. The van der Waals surface area contributed by atoms with E-state index in [0.29, 0.717) is 13.2 Å². The van der Waals surface area contributed by atoms with Crippen LogP contribution in [0.25, 0.3) is 0 Å². The van der Waals surface area contributed by atoms with Gasteiger partial charge in [-0.15, -0.1) is 0 Å². The fourth-order valence-corrected chi connectivity index (χ4v) is 7.48. The lowest BCUT2D eigenvalue weighted by molar-refractivity contribution is -0.356. The van der Waals surface area contributed by atoms with Crippen molar-refractivity contribution < 1.29 is 52.2 Å². The lowest BCUT2D eigenvalue weighted by Crippen LogP contribution is -2.65. The van der Waals surface area contributed by atoms with Crippen LogP contribution in [0.4, 0.5) is 0 Å². The highest BCUT2D eigenvalue weighted by Gasteiger charge is 2.58. The molecule has 10 atom stereocenters. The summed E-state index contributed by atoms with van der Waals surface area (Å²) < 4.78 is 66.1. The van der Waals surface area contributed by atoms with Crippen molar-refractivity contribution in [1.82, 2.24) is 0 Å². The number of benzene rings is 4. The predicted molar refractivity (Wildman–Crippen MR) is 218 cm³/mol. The van der Waals surface area contributed by atoms with Crippen LogP contribution in [0.5, 0.6) is 0 Å². The van der Waals surface area contributed by atoms with Crippen molar-refractivity contribution in [3.63, 3.8) is 0 Å². The normalized spacial score (nSPS) is 29.1. The van der Waals surface area contributed by atoms with Crippen LogP contribution in [-0.2, 0) is 78.6 Å². The Kier molecular flexibility index (Phi) is 14.3. The number of carbonyl (C=O) groups excluding carboxylic acids is 1. The number of rotatable bonds is 16. The Morgan fingerprint density at radius 2 is 1.05 bits per heavy atom. The Balaban J connectivity index is 1.21. The summed E-state index contributed by atoms with van der Waals surface area (Å²) >= 11 is 0. The minimum absolute atomic E-state index is 0.129. The predicted octanol–water partition coefficient (Wildman–Crippen LogP) is 7.92. The SMILES string of the molecule is C[C@@H]1O[C@@H](OCc2ccccc2)[C@@H]2OC(C)(C)O[C@@H]2[C@H]1O[C@@H]1O[C@H](COCc2ccccc2)[C@@H](OCc2ccccc2)[C@H](OCc2ccccc2)[C@H]1OC(=O)C(C)(C)C. The second-order valence-electron chi connectivity index (χ2n) is 16.9. The van der Waals surface area contributed by atoms with Gasteiger partial charge in [-0.2, -0.15) is 0 Å². The van der Waals surface area contributed by atoms with E-state index in [1.165, 1.54) is 0 Å². The molecule has 59 heavy (non-hydrogen) atoms. The molecule has 0 unspecified atom stereocenters. The molecule has 0 aromatic heterocycles. The van der Waals surface area contributed by atoms with Crippen LogP contribution in [0.2, 0.25) is 0 Å².